The molecule has 43 heavy (non-hydrogen) atoms. The first-order valence-electron chi connectivity index (χ1n) is 15.2. The predicted octanol–water partition coefficient (Wildman–Crippen LogP) is 6.19. The Bertz CT molecular complexity index is 1490. The van der Waals surface area contributed by atoms with E-state index in [9.17, 15) is 18.7 Å². The highest BCUT2D eigenvalue weighted by molar-refractivity contribution is 6.01. The molecule has 4 rings (SSSR count). The quantitative estimate of drug-likeness (QED) is 0.154. The van der Waals surface area contributed by atoms with Crippen molar-refractivity contribution in [2.24, 2.45) is 0 Å². The third kappa shape index (κ3) is 8.81. The van der Waals surface area contributed by atoms with Crippen LogP contribution in [0, 0.1) is 11.6 Å². The van der Waals surface area contributed by atoms with Crippen LogP contribution in [0.2, 0.25) is 0 Å². The van der Waals surface area contributed by atoms with Crippen LogP contribution in [-0.2, 0) is 19.4 Å². The van der Waals surface area contributed by atoms with Gasteiger partial charge in [0.2, 0.25) is 0 Å². The fraction of sp³-hybridized carbons (Fsp3) is 0.371. The Morgan fingerprint density at radius 3 is 2.33 bits per heavy atom. The number of anilines is 1. The molecule has 0 spiro atoms. The number of fused-ring (bicyclic) bond motifs is 1. The summed E-state index contributed by atoms with van der Waals surface area (Å²) in [5, 5.41) is 19.3. The molecule has 2 atom stereocenters. The zero-order valence-electron chi connectivity index (χ0n) is 25.2. The van der Waals surface area contributed by atoms with E-state index in [0.717, 1.165) is 60.6 Å². The number of benzene rings is 3. The molecule has 4 aromatic rings. The van der Waals surface area contributed by atoms with Gasteiger partial charge in [-0.3, -0.25) is 4.79 Å². The zero-order chi connectivity index (χ0) is 30.8. The van der Waals surface area contributed by atoms with Crippen molar-refractivity contribution in [2.45, 2.75) is 65.1 Å². The lowest BCUT2D eigenvalue weighted by molar-refractivity contribution is 0.0830. The fourth-order valence-electron chi connectivity index (χ4n) is 5.39. The summed E-state index contributed by atoms with van der Waals surface area (Å²) < 4.78 is 28.0. The van der Waals surface area contributed by atoms with E-state index in [-0.39, 0.29) is 18.9 Å². The van der Waals surface area contributed by atoms with Crippen molar-refractivity contribution in [3.8, 4) is 0 Å². The Labute approximate surface area is 253 Å². The molecular formula is C35H42F2N4O2. The number of aliphatic hydroxyl groups is 1. The number of carbonyl (C=O) groups is 1. The van der Waals surface area contributed by atoms with Crippen molar-refractivity contribution in [3.63, 3.8) is 0 Å². The van der Waals surface area contributed by atoms with E-state index in [1.165, 1.54) is 17.7 Å². The highest BCUT2D eigenvalue weighted by Gasteiger charge is 2.24. The molecule has 0 fully saturated rings. The van der Waals surface area contributed by atoms with Crippen molar-refractivity contribution in [3.05, 3.63) is 107 Å². The Morgan fingerprint density at radius 2 is 1.63 bits per heavy atom. The maximum Gasteiger partial charge on any atom is 0.251 e. The van der Waals surface area contributed by atoms with Crippen LogP contribution >= 0.6 is 0 Å². The van der Waals surface area contributed by atoms with Crippen LogP contribution in [0.5, 0.6) is 0 Å². The number of pyridine rings is 1. The van der Waals surface area contributed by atoms with Gasteiger partial charge in [0.15, 0.2) is 0 Å². The molecule has 3 aromatic carbocycles. The monoisotopic (exact) mass is 588 g/mol. The summed E-state index contributed by atoms with van der Waals surface area (Å²) in [4.78, 5) is 20.5. The van der Waals surface area contributed by atoms with Crippen molar-refractivity contribution in [1.29, 1.82) is 0 Å². The summed E-state index contributed by atoms with van der Waals surface area (Å²) in [5.74, 6) is -0.964. The molecule has 1 amide bonds. The molecule has 0 saturated carbocycles. The van der Waals surface area contributed by atoms with Gasteiger partial charge in [-0.15, -0.1) is 0 Å². The third-order valence-electron chi connectivity index (χ3n) is 7.54. The Morgan fingerprint density at radius 1 is 0.907 bits per heavy atom. The van der Waals surface area contributed by atoms with E-state index in [1.807, 2.05) is 30.3 Å². The first-order valence-corrected chi connectivity index (χ1v) is 15.2. The molecule has 228 valence electrons. The summed E-state index contributed by atoms with van der Waals surface area (Å²) in [6.45, 7) is 8.76. The number of hydrogen-bond donors (Lipinski definition) is 3. The van der Waals surface area contributed by atoms with Crippen molar-refractivity contribution in [1.82, 2.24) is 15.6 Å². The number of carbonyl (C=O) groups excluding carboxylic acids is 1. The minimum Gasteiger partial charge on any atom is -0.390 e. The number of nitrogens with zero attached hydrogens (tertiary/aromatic N) is 2. The van der Waals surface area contributed by atoms with Gasteiger partial charge in [-0.05, 0) is 78.1 Å². The number of amides is 1. The van der Waals surface area contributed by atoms with Crippen LogP contribution in [0.25, 0.3) is 10.8 Å². The average Bonchev–Trinajstić information content (AvgIpc) is 2.99. The Kier molecular flexibility index (Phi) is 11.6. The molecule has 0 aliphatic heterocycles. The van der Waals surface area contributed by atoms with Crippen LogP contribution < -0.4 is 15.5 Å². The molecule has 8 heteroatoms. The maximum absolute atomic E-state index is 14.0. The summed E-state index contributed by atoms with van der Waals surface area (Å²) >= 11 is 0. The SMILES string of the molecule is CCCN(CCC)c1nccc2ccc(C(=O)N[C@@H](Cc3cc(F)cc(F)c3)[C@H](O)CNCc3cccc(CC)c3)cc12. The number of aryl methyl sites for hydroxylation is 1. The number of aromatic nitrogens is 1. The van der Waals surface area contributed by atoms with E-state index in [1.54, 1.807) is 12.3 Å². The van der Waals surface area contributed by atoms with Gasteiger partial charge >= 0.3 is 0 Å². The molecule has 1 heterocycles. The maximum atomic E-state index is 14.0. The van der Waals surface area contributed by atoms with E-state index in [4.69, 9.17) is 0 Å². The highest BCUT2D eigenvalue weighted by Crippen LogP contribution is 2.26. The van der Waals surface area contributed by atoms with Crippen LogP contribution in [-0.4, -0.2) is 47.8 Å². The Balaban J connectivity index is 1.56. The summed E-state index contributed by atoms with van der Waals surface area (Å²) in [6.07, 6.45) is 3.68. The van der Waals surface area contributed by atoms with Gasteiger partial charge in [0, 0.05) is 49.4 Å². The molecule has 0 aliphatic carbocycles. The normalized spacial score (nSPS) is 12.7. The number of halogens is 2. The van der Waals surface area contributed by atoms with E-state index < -0.39 is 23.8 Å². The first kappa shape index (κ1) is 32.0. The smallest absolute Gasteiger partial charge is 0.251 e. The van der Waals surface area contributed by atoms with Crippen LogP contribution in [0.3, 0.4) is 0 Å². The summed E-state index contributed by atoms with van der Waals surface area (Å²) in [5.41, 5.74) is 3.07. The van der Waals surface area contributed by atoms with Gasteiger partial charge in [0.25, 0.3) is 5.91 Å². The molecule has 0 bridgehead atoms. The Hall–Kier alpha value is -3.88. The van der Waals surface area contributed by atoms with Crippen LogP contribution in [0.4, 0.5) is 14.6 Å². The van der Waals surface area contributed by atoms with Gasteiger partial charge in [-0.25, -0.2) is 13.8 Å². The lowest BCUT2D eigenvalue weighted by Crippen LogP contribution is -2.48. The zero-order valence-corrected chi connectivity index (χ0v) is 25.2. The van der Waals surface area contributed by atoms with Gasteiger partial charge in [0.1, 0.15) is 17.5 Å². The van der Waals surface area contributed by atoms with Gasteiger partial charge in [-0.1, -0.05) is 51.1 Å². The first-order chi connectivity index (χ1) is 20.8. The minimum atomic E-state index is -1.02. The molecule has 6 nitrogen and oxygen atoms in total. The second-order valence-electron chi connectivity index (χ2n) is 11.0. The predicted molar refractivity (Wildman–Crippen MR) is 169 cm³/mol. The van der Waals surface area contributed by atoms with Crippen molar-refractivity contribution < 1.29 is 18.7 Å². The largest absolute Gasteiger partial charge is 0.390 e. The lowest BCUT2D eigenvalue weighted by Gasteiger charge is -2.26. The summed E-state index contributed by atoms with van der Waals surface area (Å²) in [6, 6.07) is 18.0. The van der Waals surface area contributed by atoms with Crippen molar-refractivity contribution in [2.75, 3.05) is 24.5 Å². The molecule has 0 radical (unpaired) electrons. The van der Waals surface area contributed by atoms with Crippen LogP contribution in [0.15, 0.2) is 72.9 Å². The molecule has 0 saturated heterocycles. The van der Waals surface area contributed by atoms with Crippen molar-refractivity contribution >= 4 is 22.5 Å². The standard InChI is InChI=1S/C35H42F2N4O2/c1-4-14-41(15-5-2)34-31-20-28(11-10-27(31)12-13-39-34)35(43)40-32(19-26-17-29(36)21-30(37)18-26)33(42)23-38-22-25-9-7-8-24(6-3)16-25/h7-13,16-18,20-21,32-33,38,42H,4-6,14-15,19,22-23H2,1-3H3,(H,40,43)/t32-,33+/m0/s1. The van der Waals surface area contributed by atoms with Gasteiger partial charge in [0.05, 0.1) is 12.1 Å². The van der Waals surface area contributed by atoms with E-state index >= 15 is 0 Å². The number of hydrogen-bond acceptors (Lipinski definition) is 5. The van der Waals surface area contributed by atoms with Crippen LogP contribution in [0.1, 0.15) is 60.7 Å². The molecule has 1 aromatic heterocycles. The second kappa shape index (κ2) is 15.5. The third-order valence-corrected chi connectivity index (χ3v) is 7.54. The number of nitrogens with one attached hydrogen (secondary N) is 2. The topological polar surface area (TPSA) is 77.5 Å². The average molecular weight is 589 g/mol. The van der Waals surface area contributed by atoms with Gasteiger partial charge in [-0.2, -0.15) is 0 Å². The number of aliphatic hydroxyl groups excluding tert-OH is 1. The van der Waals surface area contributed by atoms with E-state index in [2.05, 4.69) is 53.4 Å². The molecule has 0 aliphatic rings. The minimum absolute atomic E-state index is 0.0513. The molecule has 0 unspecified atom stereocenters. The van der Waals surface area contributed by atoms with E-state index in [0.29, 0.717) is 17.7 Å². The fourth-order valence-corrected chi connectivity index (χ4v) is 5.39. The molecular weight excluding hydrogens is 546 g/mol. The second-order valence-corrected chi connectivity index (χ2v) is 11.0. The molecule has 3 N–H and O–H groups in total. The lowest BCUT2D eigenvalue weighted by atomic mass is 9.99. The van der Waals surface area contributed by atoms with Gasteiger partial charge < -0.3 is 20.6 Å². The summed E-state index contributed by atoms with van der Waals surface area (Å²) in [7, 11) is 0. The number of rotatable bonds is 15. The highest BCUT2D eigenvalue weighted by atomic mass is 19.1.